The van der Waals surface area contributed by atoms with Crippen molar-refractivity contribution in [3.05, 3.63) is 71.5 Å². The standard InChI is InChI=1S/C19H17ClN4O2/c1-2-26-16-8-6-14(7-9-16)22-18(25)17-10-11-21-19(24-17)23-15-5-3-4-13(20)12-15/h3-12H,2H2,1H3,(H,22,25)(H,21,23,24). The fraction of sp³-hybridized carbons (Fsp3) is 0.105. The lowest BCUT2D eigenvalue weighted by Gasteiger charge is -2.08. The second-order valence-electron chi connectivity index (χ2n) is 5.31. The van der Waals surface area contributed by atoms with Gasteiger partial charge in [0, 0.05) is 22.6 Å². The van der Waals surface area contributed by atoms with Crippen LogP contribution in [0, 0.1) is 0 Å². The predicted molar refractivity (Wildman–Crippen MR) is 102 cm³/mol. The average Bonchev–Trinajstić information content (AvgIpc) is 2.64. The Morgan fingerprint density at radius 2 is 1.92 bits per heavy atom. The Hall–Kier alpha value is -3.12. The number of halogens is 1. The molecule has 0 saturated carbocycles. The van der Waals surface area contributed by atoms with Crippen molar-refractivity contribution in [3.8, 4) is 5.75 Å². The maximum atomic E-state index is 12.4. The molecule has 1 amide bonds. The van der Waals surface area contributed by atoms with Crippen LogP contribution in [0.1, 0.15) is 17.4 Å². The number of hydrogen-bond acceptors (Lipinski definition) is 5. The SMILES string of the molecule is CCOc1ccc(NC(=O)c2ccnc(Nc3cccc(Cl)c3)n2)cc1. The lowest BCUT2D eigenvalue weighted by molar-refractivity contribution is 0.102. The molecule has 26 heavy (non-hydrogen) atoms. The fourth-order valence-corrected chi connectivity index (χ4v) is 2.43. The van der Waals surface area contributed by atoms with Gasteiger partial charge in [-0.25, -0.2) is 9.97 Å². The van der Waals surface area contributed by atoms with Gasteiger partial charge in [-0.1, -0.05) is 17.7 Å². The van der Waals surface area contributed by atoms with E-state index in [1.54, 1.807) is 42.5 Å². The minimum absolute atomic E-state index is 0.249. The summed E-state index contributed by atoms with van der Waals surface area (Å²) in [4.78, 5) is 20.8. The Morgan fingerprint density at radius 1 is 1.12 bits per heavy atom. The van der Waals surface area contributed by atoms with Crippen molar-refractivity contribution in [2.24, 2.45) is 0 Å². The third-order valence-corrected chi connectivity index (χ3v) is 3.63. The third-order valence-electron chi connectivity index (χ3n) is 3.39. The zero-order valence-corrected chi connectivity index (χ0v) is 14.8. The van der Waals surface area contributed by atoms with Crippen molar-refractivity contribution in [1.82, 2.24) is 9.97 Å². The van der Waals surface area contributed by atoms with Crippen LogP contribution in [-0.4, -0.2) is 22.5 Å². The lowest BCUT2D eigenvalue weighted by Crippen LogP contribution is -2.14. The van der Waals surface area contributed by atoms with Gasteiger partial charge in [0.15, 0.2) is 0 Å². The van der Waals surface area contributed by atoms with Gasteiger partial charge >= 0.3 is 0 Å². The smallest absolute Gasteiger partial charge is 0.274 e. The summed E-state index contributed by atoms with van der Waals surface area (Å²) in [6, 6.07) is 15.9. The largest absolute Gasteiger partial charge is 0.494 e. The average molecular weight is 369 g/mol. The first kappa shape index (κ1) is 17.7. The molecule has 132 valence electrons. The van der Waals surface area contributed by atoms with E-state index in [1.807, 2.05) is 19.1 Å². The summed E-state index contributed by atoms with van der Waals surface area (Å²) in [5.41, 5.74) is 1.64. The number of rotatable bonds is 6. The quantitative estimate of drug-likeness (QED) is 0.668. The first-order valence-electron chi connectivity index (χ1n) is 8.04. The number of nitrogens with one attached hydrogen (secondary N) is 2. The molecule has 1 aromatic heterocycles. The predicted octanol–water partition coefficient (Wildman–Crippen LogP) is 4.52. The van der Waals surface area contributed by atoms with Crippen molar-refractivity contribution in [2.75, 3.05) is 17.2 Å². The molecule has 0 spiro atoms. The zero-order valence-electron chi connectivity index (χ0n) is 14.1. The number of carbonyl (C=O) groups excluding carboxylic acids is 1. The number of nitrogens with zero attached hydrogens (tertiary/aromatic N) is 2. The molecule has 0 saturated heterocycles. The fourth-order valence-electron chi connectivity index (χ4n) is 2.24. The Kier molecular flexibility index (Phi) is 5.66. The van der Waals surface area contributed by atoms with Gasteiger partial charge in [-0.2, -0.15) is 0 Å². The number of benzene rings is 2. The molecule has 0 aliphatic carbocycles. The molecule has 2 aromatic carbocycles. The number of aromatic nitrogens is 2. The van der Waals surface area contributed by atoms with E-state index >= 15 is 0 Å². The van der Waals surface area contributed by atoms with Gasteiger partial charge in [-0.3, -0.25) is 4.79 Å². The monoisotopic (exact) mass is 368 g/mol. The van der Waals surface area contributed by atoms with Crippen LogP contribution < -0.4 is 15.4 Å². The molecule has 3 rings (SSSR count). The van der Waals surface area contributed by atoms with E-state index in [0.29, 0.717) is 23.3 Å². The summed E-state index contributed by atoms with van der Waals surface area (Å²) in [7, 11) is 0. The maximum Gasteiger partial charge on any atom is 0.274 e. The summed E-state index contributed by atoms with van der Waals surface area (Å²) in [6.07, 6.45) is 1.52. The molecule has 2 N–H and O–H groups in total. The van der Waals surface area contributed by atoms with Crippen molar-refractivity contribution < 1.29 is 9.53 Å². The van der Waals surface area contributed by atoms with Crippen LogP contribution in [0.4, 0.5) is 17.3 Å². The minimum Gasteiger partial charge on any atom is -0.494 e. The molecule has 0 aliphatic rings. The zero-order chi connectivity index (χ0) is 18.4. The number of hydrogen-bond donors (Lipinski definition) is 2. The highest BCUT2D eigenvalue weighted by Gasteiger charge is 2.10. The van der Waals surface area contributed by atoms with E-state index in [0.717, 1.165) is 11.4 Å². The number of ether oxygens (including phenoxy) is 1. The molecule has 0 bridgehead atoms. The highest BCUT2D eigenvalue weighted by molar-refractivity contribution is 6.30. The highest BCUT2D eigenvalue weighted by atomic mass is 35.5. The Balaban J connectivity index is 1.69. The van der Waals surface area contributed by atoms with Crippen LogP contribution in [0.2, 0.25) is 5.02 Å². The van der Waals surface area contributed by atoms with Crippen molar-refractivity contribution in [1.29, 1.82) is 0 Å². The highest BCUT2D eigenvalue weighted by Crippen LogP contribution is 2.19. The van der Waals surface area contributed by atoms with Crippen LogP contribution in [0.3, 0.4) is 0 Å². The third kappa shape index (κ3) is 4.70. The Bertz CT molecular complexity index is 900. The van der Waals surface area contributed by atoms with E-state index in [4.69, 9.17) is 16.3 Å². The summed E-state index contributed by atoms with van der Waals surface area (Å²) in [6.45, 7) is 2.51. The van der Waals surface area contributed by atoms with E-state index in [1.165, 1.54) is 6.20 Å². The first-order chi connectivity index (χ1) is 12.6. The number of carbonyl (C=O) groups is 1. The molecule has 0 fully saturated rings. The molecule has 7 heteroatoms. The van der Waals surface area contributed by atoms with Gasteiger partial charge in [0.2, 0.25) is 5.95 Å². The van der Waals surface area contributed by atoms with Crippen molar-refractivity contribution >= 4 is 34.8 Å². The molecular weight excluding hydrogens is 352 g/mol. The normalized spacial score (nSPS) is 10.2. The Labute approximate surface area is 156 Å². The topological polar surface area (TPSA) is 76.1 Å². The maximum absolute atomic E-state index is 12.4. The first-order valence-corrected chi connectivity index (χ1v) is 8.41. The number of anilines is 3. The summed E-state index contributed by atoms with van der Waals surface area (Å²) >= 11 is 5.96. The van der Waals surface area contributed by atoms with Crippen LogP contribution in [0.25, 0.3) is 0 Å². The van der Waals surface area contributed by atoms with Crippen LogP contribution in [0.15, 0.2) is 60.8 Å². The molecule has 0 aliphatic heterocycles. The van der Waals surface area contributed by atoms with E-state index in [-0.39, 0.29) is 11.6 Å². The van der Waals surface area contributed by atoms with Crippen LogP contribution in [-0.2, 0) is 0 Å². The van der Waals surface area contributed by atoms with Crippen LogP contribution in [0.5, 0.6) is 5.75 Å². The number of amides is 1. The van der Waals surface area contributed by atoms with Gasteiger partial charge in [-0.15, -0.1) is 0 Å². The molecule has 0 radical (unpaired) electrons. The van der Waals surface area contributed by atoms with Gasteiger partial charge in [0.05, 0.1) is 6.61 Å². The van der Waals surface area contributed by atoms with Gasteiger partial charge < -0.3 is 15.4 Å². The molecule has 6 nitrogen and oxygen atoms in total. The second kappa shape index (κ2) is 8.31. The van der Waals surface area contributed by atoms with E-state index in [2.05, 4.69) is 20.6 Å². The molecule has 0 atom stereocenters. The Morgan fingerprint density at radius 3 is 2.65 bits per heavy atom. The van der Waals surface area contributed by atoms with Gasteiger partial charge in [0.25, 0.3) is 5.91 Å². The molecule has 0 unspecified atom stereocenters. The molecular formula is C19H17ClN4O2. The summed E-state index contributed by atoms with van der Waals surface area (Å²) in [5.74, 6) is 0.734. The molecule has 1 heterocycles. The summed E-state index contributed by atoms with van der Waals surface area (Å²) in [5, 5.41) is 6.41. The lowest BCUT2D eigenvalue weighted by atomic mass is 10.3. The van der Waals surface area contributed by atoms with Crippen molar-refractivity contribution in [2.45, 2.75) is 6.92 Å². The molecule has 3 aromatic rings. The minimum atomic E-state index is -0.328. The van der Waals surface area contributed by atoms with E-state index in [9.17, 15) is 4.79 Å². The van der Waals surface area contributed by atoms with E-state index < -0.39 is 0 Å². The second-order valence-corrected chi connectivity index (χ2v) is 5.75. The van der Waals surface area contributed by atoms with Gasteiger partial charge in [0.1, 0.15) is 11.4 Å². The van der Waals surface area contributed by atoms with Crippen molar-refractivity contribution in [3.63, 3.8) is 0 Å². The van der Waals surface area contributed by atoms with Crippen LogP contribution >= 0.6 is 11.6 Å². The summed E-state index contributed by atoms with van der Waals surface area (Å²) < 4.78 is 5.38. The van der Waals surface area contributed by atoms with Gasteiger partial charge in [-0.05, 0) is 55.5 Å².